The molecule has 0 N–H and O–H groups in total. The van der Waals surface area contributed by atoms with E-state index in [9.17, 15) is 0 Å². The third kappa shape index (κ3) is 3.78. The fourth-order valence-electron chi connectivity index (χ4n) is 5.02. The molecule has 3 aromatic rings. The van der Waals surface area contributed by atoms with Crippen LogP contribution in [-0.4, -0.2) is 34.7 Å². The molecule has 1 fully saturated rings. The van der Waals surface area contributed by atoms with E-state index in [2.05, 4.69) is 55.4 Å². The Kier molecular flexibility index (Phi) is 6.49. The lowest BCUT2D eigenvalue weighted by Gasteiger charge is -2.26. The number of thiazole rings is 1. The van der Waals surface area contributed by atoms with Crippen molar-refractivity contribution < 1.29 is 4.74 Å². The topological polar surface area (TPSA) is 30.3 Å². The summed E-state index contributed by atoms with van der Waals surface area (Å²) in [5.74, 6) is 0.976. The molecule has 0 aliphatic heterocycles. The smallest absolute Gasteiger partial charge is 0.143 e. The number of aromatic nitrogens is 2. The maximum absolute atomic E-state index is 5.83. The van der Waals surface area contributed by atoms with Crippen molar-refractivity contribution in [3.8, 4) is 16.3 Å². The van der Waals surface area contributed by atoms with Crippen LogP contribution >= 0.6 is 11.3 Å². The third-order valence-electron chi connectivity index (χ3n) is 6.76. The highest BCUT2D eigenvalue weighted by atomic mass is 32.1. The summed E-state index contributed by atoms with van der Waals surface area (Å²) in [6.45, 7) is 12.0. The van der Waals surface area contributed by atoms with Crippen LogP contribution in [0.25, 0.3) is 21.5 Å². The van der Waals surface area contributed by atoms with Crippen LogP contribution in [0.15, 0.2) is 18.2 Å². The summed E-state index contributed by atoms with van der Waals surface area (Å²) in [5.41, 5.74) is 5.05. The molecule has 162 valence electrons. The number of hydrogen-bond donors (Lipinski definition) is 0. The Labute approximate surface area is 184 Å². The predicted molar refractivity (Wildman–Crippen MR) is 128 cm³/mol. The molecule has 4 rings (SSSR count). The van der Waals surface area contributed by atoms with Gasteiger partial charge in [0.05, 0.1) is 18.3 Å². The first-order chi connectivity index (χ1) is 14.6. The largest absolute Gasteiger partial charge is 0.495 e. The summed E-state index contributed by atoms with van der Waals surface area (Å²) in [7, 11) is 1.79. The molecule has 2 heterocycles. The zero-order chi connectivity index (χ0) is 21.3. The van der Waals surface area contributed by atoms with Crippen LogP contribution in [0.4, 0.5) is 0 Å². The highest BCUT2D eigenvalue weighted by Crippen LogP contribution is 2.44. The summed E-state index contributed by atoms with van der Waals surface area (Å²) in [5, 5.41) is 2.43. The minimum atomic E-state index is 0.558. The van der Waals surface area contributed by atoms with Crippen LogP contribution in [0.2, 0.25) is 0 Å². The monoisotopic (exact) mass is 425 g/mol. The van der Waals surface area contributed by atoms with Crippen molar-refractivity contribution in [3.63, 3.8) is 0 Å². The maximum atomic E-state index is 5.83. The van der Waals surface area contributed by atoms with Gasteiger partial charge in [-0.05, 0) is 45.8 Å². The molecule has 2 aromatic heterocycles. The number of para-hydroxylation sites is 1. The number of ether oxygens (including phenoxy) is 1. The van der Waals surface area contributed by atoms with E-state index in [1.807, 2.05) is 11.3 Å². The van der Waals surface area contributed by atoms with Crippen molar-refractivity contribution in [1.29, 1.82) is 0 Å². The van der Waals surface area contributed by atoms with Crippen molar-refractivity contribution >= 4 is 22.2 Å². The number of nitrogens with zero attached hydrogens (tertiary/aromatic N) is 3. The van der Waals surface area contributed by atoms with E-state index in [-0.39, 0.29) is 0 Å². The molecule has 0 atom stereocenters. The van der Waals surface area contributed by atoms with Crippen LogP contribution in [0, 0.1) is 13.8 Å². The summed E-state index contributed by atoms with van der Waals surface area (Å²) < 4.78 is 8.40. The Morgan fingerprint density at radius 1 is 1.13 bits per heavy atom. The molecule has 30 heavy (non-hydrogen) atoms. The zero-order valence-corrected chi connectivity index (χ0v) is 19.9. The minimum absolute atomic E-state index is 0.558. The van der Waals surface area contributed by atoms with E-state index in [0.717, 1.165) is 30.4 Å². The molecule has 0 unspecified atom stereocenters. The highest BCUT2D eigenvalue weighted by Gasteiger charge is 2.26. The summed E-state index contributed by atoms with van der Waals surface area (Å²) in [6, 6.07) is 7.03. The Morgan fingerprint density at radius 3 is 2.53 bits per heavy atom. The number of methoxy groups -OCH3 is 1. The molecule has 0 radical (unpaired) electrons. The second-order valence-electron chi connectivity index (χ2n) is 8.47. The van der Waals surface area contributed by atoms with Gasteiger partial charge >= 0.3 is 0 Å². The number of hydrogen-bond acceptors (Lipinski definition) is 4. The second kappa shape index (κ2) is 9.11. The molecule has 0 saturated heterocycles. The molecule has 0 spiro atoms. The molecular weight excluding hydrogens is 390 g/mol. The van der Waals surface area contributed by atoms with Gasteiger partial charge in [-0.15, -0.1) is 11.3 Å². The van der Waals surface area contributed by atoms with E-state index in [4.69, 9.17) is 9.72 Å². The van der Waals surface area contributed by atoms with Crippen molar-refractivity contribution in [2.45, 2.75) is 72.4 Å². The molecule has 4 nitrogen and oxygen atoms in total. The van der Waals surface area contributed by atoms with Gasteiger partial charge in [0.1, 0.15) is 10.8 Å². The van der Waals surface area contributed by atoms with Crippen molar-refractivity contribution in [1.82, 2.24) is 14.5 Å². The molecular formula is C25H35N3OS. The fourth-order valence-corrected chi connectivity index (χ4v) is 6.23. The lowest BCUT2D eigenvalue weighted by molar-refractivity contribution is 0.298. The van der Waals surface area contributed by atoms with Gasteiger partial charge in [-0.25, -0.2) is 4.98 Å². The highest BCUT2D eigenvalue weighted by molar-refractivity contribution is 7.15. The van der Waals surface area contributed by atoms with Gasteiger partial charge in [-0.1, -0.05) is 45.2 Å². The Morgan fingerprint density at radius 2 is 1.87 bits per heavy atom. The SMILES string of the molecule is CCN(CC)Cc1sc(-c2c(C)n(C3CCCCC3)c3c(OC)cccc23)nc1C. The van der Waals surface area contributed by atoms with E-state index in [0.29, 0.717) is 6.04 Å². The zero-order valence-electron chi connectivity index (χ0n) is 19.1. The Bertz CT molecular complexity index is 1010. The Balaban J connectivity index is 1.87. The first kappa shape index (κ1) is 21.4. The molecule has 1 aliphatic carbocycles. The van der Waals surface area contributed by atoms with Gasteiger partial charge in [-0.2, -0.15) is 0 Å². The van der Waals surface area contributed by atoms with Gasteiger partial charge in [0.25, 0.3) is 0 Å². The van der Waals surface area contributed by atoms with E-state index >= 15 is 0 Å². The average Bonchev–Trinajstić information content (AvgIpc) is 3.28. The van der Waals surface area contributed by atoms with Crippen LogP contribution < -0.4 is 4.74 Å². The van der Waals surface area contributed by atoms with Gasteiger partial charge in [0, 0.05) is 34.1 Å². The molecule has 1 aromatic carbocycles. The van der Waals surface area contributed by atoms with Gasteiger partial charge < -0.3 is 9.30 Å². The maximum Gasteiger partial charge on any atom is 0.143 e. The standard InChI is InChI=1S/C25H35N3OS/c1-6-27(7-2)16-22-17(3)26-25(30-22)23-18(4)28(19-12-9-8-10-13-19)24-20(23)14-11-15-21(24)29-5/h11,14-15,19H,6-10,12-13,16H2,1-5H3. The predicted octanol–water partition coefficient (Wildman–Crippen LogP) is 6.74. The van der Waals surface area contributed by atoms with Crippen molar-refractivity contribution in [2.75, 3.05) is 20.2 Å². The third-order valence-corrected chi connectivity index (χ3v) is 7.92. The lowest BCUT2D eigenvalue weighted by Crippen LogP contribution is -2.21. The molecule has 0 bridgehead atoms. The van der Waals surface area contributed by atoms with Crippen LogP contribution in [-0.2, 0) is 6.54 Å². The van der Waals surface area contributed by atoms with E-state index in [1.165, 1.54) is 64.8 Å². The van der Waals surface area contributed by atoms with Crippen molar-refractivity contribution in [2.24, 2.45) is 0 Å². The minimum Gasteiger partial charge on any atom is -0.495 e. The second-order valence-corrected chi connectivity index (χ2v) is 9.55. The number of rotatable bonds is 7. The number of aryl methyl sites for hydroxylation is 1. The number of benzene rings is 1. The van der Waals surface area contributed by atoms with Crippen LogP contribution in [0.3, 0.4) is 0 Å². The summed E-state index contributed by atoms with van der Waals surface area (Å²) in [6.07, 6.45) is 6.51. The molecule has 0 amide bonds. The van der Waals surface area contributed by atoms with Gasteiger partial charge in [-0.3, -0.25) is 4.90 Å². The fraction of sp³-hybridized carbons (Fsp3) is 0.560. The molecule has 1 saturated carbocycles. The van der Waals surface area contributed by atoms with Crippen LogP contribution in [0.1, 0.15) is 68.3 Å². The molecule has 5 heteroatoms. The first-order valence-corrected chi connectivity index (χ1v) is 12.3. The lowest BCUT2D eigenvalue weighted by atomic mass is 9.95. The summed E-state index contributed by atoms with van der Waals surface area (Å²) in [4.78, 5) is 8.91. The Hall–Kier alpha value is -1.85. The van der Waals surface area contributed by atoms with Crippen LogP contribution in [0.5, 0.6) is 5.75 Å². The average molecular weight is 426 g/mol. The van der Waals surface area contributed by atoms with Gasteiger partial charge in [0.15, 0.2) is 0 Å². The normalized spacial score (nSPS) is 15.4. The van der Waals surface area contributed by atoms with E-state index < -0.39 is 0 Å². The summed E-state index contributed by atoms with van der Waals surface area (Å²) >= 11 is 1.87. The quantitative estimate of drug-likeness (QED) is 0.420. The first-order valence-electron chi connectivity index (χ1n) is 11.5. The number of fused-ring (bicyclic) bond motifs is 1. The van der Waals surface area contributed by atoms with E-state index in [1.54, 1.807) is 7.11 Å². The molecule has 1 aliphatic rings. The van der Waals surface area contributed by atoms with Crippen molar-refractivity contribution in [3.05, 3.63) is 34.5 Å². The van der Waals surface area contributed by atoms with Gasteiger partial charge in [0.2, 0.25) is 0 Å².